The number of fused-ring (bicyclic) bond motifs is 1. The van der Waals surface area contributed by atoms with Gasteiger partial charge in [-0.25, -0.2) is 4.90 Å². The van der Waals surface area contributed by atoms with Crippen LogP contribution in [-0.2, 0) is 9.59 Å². The monoisotopic (exact) mass is 440 g/mol. The first-order valence-corrected chi connectivity index (χ1v) is 10.9. The molecule has 6 nitrogen and oxygen atoms in total. The molecule has 0 spiro atoms. The molecule has 0 fully saturated rings. The Morgan fingerprint density at radius 1 is 0.788 bits per heavy atom. The average Bonchev–Trinajstić information content (AvgIpc) is 3.03. The minimum atomic E-state index is -0.393. The summed E-state index contributed by atoms with van der Waals surface area (Å²) in [5, 5.41) is 3.21. The maximum absolute atomic E-state index is 13.7. The molecule has 166 valence electrons. The molecule has 0 atom stereocenters. The minimum absolute atomic E-state index is 0.241. The predicted molar refractivity (Wildman–Crippen MR) is 128 cm³/mol. The number of carbonyl (C=O) groups excluding carboxylic acids is 2. The first-order chi connectivity index (χ1) is 15.9. The summed E-state index contributed by atoms with van der Waals surface area (Å²) < 4.78 is 11.3. The van der Waals surface area contributed by atoms with Gasteiger partial charge in [-0.3, -0.25) is 9.59 Å². The van der Waals surface area contributed by atoms with Crippen molar-refractivity contribution in [3.8, 4) is 11.5 Å². The van der Waals surface area contributed by atoms with E-state index in [1.807, 2.05) is 63.2 Å². The van der Waals surface area contributed by atoms with Crippen LogP contribution in [0, 0.1) is 20.8 Å². The number of imide groups is 1. The molecule has 0 aromatic heterocycles. The topological polar surface area (TPSA) is 67.9 Å². The highest BCUT2D eigenvalue weighted by Gasteiger charge is 2.40. The van der Waals surface area contributed by atoms with E-state index in [2.05, 4.69) is 5.32 Å². The highest BCUT2D eigenvalue weighted by molar-refractivity contribution is 6.46. The molecule has 5 rings (SSSR count). The molecule has 0 unspecified atom stereocenters. The first-order valence-electron chi connectivity index (χ1n) is 10.9. The molecule has 6 heteroatoms. The second-order valence-corrected chi connectivity index (χ2v) is 8.34. The van der Waals surface area contributed by atoms with Gasteiger partial charge in [-0.05, 0) is 61.7 Å². The summed E-state index contributed by atoms with van der Waals surface area (Å²) in [6.07, 6.45) is 0. The lowest BCUT2D eigenvalue weighted by atomic mass is 9.97. The number of benzene rings is 3. The molecule has 2 aliphatic heterocycles. The van der Waals surface area contributed by atoms with Gasteiger partial charge < -0.3 is 14.8 Å². The van der Waals surface area contributed by atoms with Crippen molar-refractivity contribution in [3.63, 3.8) is 0 Å². The molecule has 1 N–H and O–H groups in total. The van der Waals surface area contributed by atoms with Crippen LogP contribution >= 0.6 is 0 Å². The number of ether oxygens (including phenoxy) is 2. The van der Waals surface area contributed by atoms with Gasteiger partial charge in [0.05, 0.1) is 11.3 Å². The van der Waals surface area contributed by atoms with Gasteiger partial charge in [-0.2, -0.15) is 0 Å². The summed E-state index contributed by atoms with van der Waals surface area (Å²) in [4.78, 5) is 28.5. The van der Waals surface area contributed by atoms with Crippen molar-refractivity contribution >= 4 is 28.8 Å². The van der Waals surface area contributed by atoms with E-state index in [0.29, 0.717) is 41.7 Å². The van der Waals surface area contributed by atoms with Gasteiger partial charge in [0, 0.05) is 11.8 Å². The lowest BCUT2D eigenvalue weighted by Gasteiger charge is -2.19. The Bertz CT molecular complexity index is 1330. The second kappa shape index (κ2) is 8.13. The maximum Gasteiger partial charge on any atom is 0.282 e. The van der Waals surface area contributed by atoms with E-state index in [1.165, 1.54) is 4.90 Å². The second-order valence-electron chi connectivity index (χ2n) is 8.34. The van der Waals surface area contributed by atoms with Gasteiger partial charge in [0.15, 0.2) is 11.5 Å². The summed E-state index contributed by atoms with van der Waals surface area (Å²) in [5.74, 6) is 0.519. The lowest BCUT2D eigenvalue weighted by molar-refractivity contribution is -0.120. The van der Waals surface area contributed by atoms with Gasteiger partial charge >= 0.3 is 0 Å². The Morgan fingerprint density at radius 2 is 1.55 bits per heavy atom. The molecule has 0 saturated heterocycles. The Balaban J connectivity index is 1.62. The third-order valence-corrected chi connectivity index (χ3v) is 5.81. The molecule has 3 aromatic carbocycles. The summed E-state index contributed by atoms with van der Waals surface area (Å²) >= 11 is 0. The van der Waals surface area contributed by atoms with Crippen molar-refractivity contribution in [2.75, 3.05) is 23.4 Å². The molecule has 0 radical (unpaired) electrons. The molecular formula is C27H24N2O4. The molecule has 2 amide bonds. The van der Waals surface area contributed by atoms with Crippen molar-refractivity contribution in [1.29, 1.82) is 0 Å². The van der Waals surface area contributed by atoms with Crippen LogP contribution in [0.5, 0.6) is 11.5 Å². The molecule has 2 heterocycles. The average molecular weight is 440 g/mol. The Hall–Kier alpha value is -4.06. The van der Waals surface area contributed by atoms with E-state index in [9.17, 15) is 9.59 Å². The SMILES string of the molecule is Cc1cccc(N2C(=O)C(Nc3ccc4c(c3)OCCO4)=C(c3ccc(C)cc3C)C2=O)c1. The number of nitrogens with zero attached hydrogens (tertiary/aromatic N) is 1. The standard InChI is InChI=1S/C27H24N2O4/c1-16-5-4-6-20(14-16)29-26(30)24(21-9-7-17(2)13-18(21)3)25(27(29)31)28-19-8-10-22-23(15-19)33-12-11-32-22/h4-10,13-15,28H,11-12H2,1-3H3. The minimum Gasteiger partial charge on any atom is -0.486 e. The van der Waals surface area contributed by atoms with Crippen LogP contribution in [0.3, 0.4) is 0 Å². The summed E-state index contributed by atoms with van der Waals surface area (Å²) in [7, 11) is 0. The third kappa shape index (κ3) is 3.74. The highest BCUT2D eigenvalue weighted by Crippen LogP contribution is 2.37. The van der Waals surface area contributed by atoms with E-state index in [1.54, 1.807) is 18.2 Å². The fourth-order valence-corrected chi connectivity index (χ4v) is 4.26. The number of aryl methyl sites for hydroxylation is 3. The summed E-state index contributed by atoms with van der Waals surface area (Å²) in [5.41, 5.74) is 5.50. The smallest absolute Gasteiger partial charge is 0.282 e. The van der Waals surface area contributed by atoms with Gasteiger partial charge in [0.2, 0.25) is 0 Å². The van der Waals surface area contributed by atoms with E-state index in [-0.39, 0.29) is 11.6 Å². The number of hydrogen-bond acceptors (Lipinski definition) is 5. The highest BCUT2D eigenvalue weighted by atomic mass is 16.6. The zero-order valence-electron chi connectivity index (χ0n) is 18.8. The normalized spacial score (nSPS) is 15.3. The van der Waals surface area contributed by atoms with E-state index in [4.69, 9.17) is 9.47 Å². The maximum atomic E-state index is 13.7. The predicted octanol–water partition coefficient (Wildman–Crippen LogP) is 4.78. The molecule has 0 aliphatic carbocycles. The molecule has 33 heavy (non-hydrogen) atoms. The van der Waals surface area contributed by atoms with E-state index >= 15 is 0 Å². The Morgan fingerprint density at radius 3 is 2.30 bits per heavy atom. The van der Waals surface area contributed by atoms with Gasteiger partial charge in [0.25, 0.3) is 11.8 Å². The number of amides is 2. The molecule has 0 saturated carbocycles. The van der Waals surface area contributed by atoms with Crippen LogP contribution in [-0.4, -0.2) is 25.0 Å². The summed E-state index contributed by atoms with van der Waals surface area (Å²) in [6, 6.07) is 18.6. The molecule has 2 aliphatic rings. The van der Waals surface area contributed by atoms with Crippen molar-refractivity contribution in [2.24, 2.45) is 0 Å². The van der Waals surface area contributed by atoms with Crippen molar-refractivity contribution in [2.45, 2.75) is 20.8 Å². The molecular weight excluding hydrogens is 416 g/mol. The van der Waals surface area contributed by atoms with Crippen LogP contribution < -0.4 is 19.7 Å². The fourth-order valence-electron chi connectivity index (χ4n) is 4.26. The first kappa shape index (κ1) is 20.8. The van der Waals surface area contributed by atoms with Crippen LogP contribution in [0.25, 0.3) is 5.57 Å². The van der Waals surface area contributed by atoms with Crippen molar-refractivity contribution in [1.82, 2.24) is 0 Å². The van der Waals surface area contributed by atoms with Crippen LogP contribution in [0.4, 0.5) is 11.4 Å². The van der Waals surface area contributed by atoms with Gasteiger partial charge in [-0.1, -0.05) is 35.9 Å². The third-order valence-electron chi connectivity index (χ3n) is 5.81. The number of hydrogen-bond donors (Lipinski definition) is 1. The number of rotatable bonds is 4. The number of carbonyl (C=O) groups is 2. The molecule has 3 aromatic rings. The molecule has 0 bridgehead atoms. The largest absolute Gasteiger partial charge is 0.486 e. The van der Waals surface area contributed by atoms with Gasteiger partial charge in [0.1, 0.15) is 18.9 Å². The van der Waals surface area contributed by atoms with Crippen molar-refractivity contribution < 1.29 is 19.1 Å². The Labute approximate surface area is 192 Å². The fraction of sp³-hybridized carbons (Fsp3) is 0.185. The summed E-state index contributed by atoms with van der Waals surface area (Å²) in [6.45, 7) is 6.84. The van der Waals surface area contributed by atoms with E-state index < -0.39 is 5.91 Å². The Kier molecular flexibility index (Phi) is 5.13. The quantitative estimate of drug-likeness (QED) is 0.592. The van der Waals surface area contributed by atoms with Crippen LogP contribution in [0.15, 0.2) is 66.4 Å². The van der Waals surface area contributed by atoms with Gasteiger partial charge in [-0.15, -0.1) is 0 Å². The zero-order valence-corrected chi connectivity index (χ0v) is 18.8. The zero-order chi connectivity index (χ0) is 23.1. The van der Waals surface area contributed by atoms with E-state index in [0.717, 1.165) is 22.3 Å². The number of anilines is 2. The van der Waals surface area contributed by atoms with Crippen molar-refractivity contribution in [3.05, 3.63) is 88.6 Å². The van der Waals surface area contributed by atoms with Crippen LogP contribution in [0.1, 0.15) is 22.3 Å². The number of nitrogens with one attached hydrogen (secondary N) is 1. The lowest BCUT2D eigenvalue weighted by Crippen LogP contribution is -2.32. The van der Waals surface area contributed by atoms with Crippen LogP contribution in [0.2, 0.25) is 0 Å².